The van der Waals surface area contributed by atoms with Crippen molar-refractivity contribution in [1.29, 1.82) is 5.26 Å². The molecule has 0 aliphatic rings. The third kappa shape index (κ3) is 3.64. The summed E-state index contributed by atoms with van der Waals surface area (Å²) in [6.07, 6.45) is 0. The van der Waals surface area contributed by atoms with E-state index < -0.39 is 0 Å². The molecule has 2 aromatic rings. The molecule has 2 rings (SSSR count). The number of hydrogen-bond donors (Lipinski definition) is 1. The molecular weight excluding hydrogens is 239 g/mol. The van der Waals surface area contributed by atoms with E-state index >= 15 is 0 Å². The summed E-state index contributed by atoms with van der Waals surface area (Å²) in [5, 5.41) is 12.1. The summed E-state index contributed by atoms with van der Waals surface area (Å²) in [6.45, 7) is 2.59. The van der Waals surface area contributed by atoms with Crippen LogP contribution in [0.2, 0.25) is 0 Å². The molecule has 1 N–H and O–H groups in total. The van der Waals surface area contributed by atoms with Gasteiger partial charge in [-0.1, -0.05) is 30.3 Å². The van der Waals surface area contributed by atoms with E-state index in [2.05, 4.69) is 12.2 Å². The first-order valence-corrected chi connectivity index (χ1v) is 6.17. The molecule has 0 radical (unpaired) electrons. The Morgan fingerprint density at radius 1 is 1.21 bits per heavy atom. The number of benzene rings is 2. The molecule has 1 atom stereocenters. The first-order chi connectivity index (χ1) is 9.19. The summed E-state index contributed by atoms with van der Waals surface area (Å²) in [5.74, 6) is -0.372. The molecular formula is C16H15FN2. The minimum absolute atomic E-state index is 0.176. The van der Waals surface area contributed by atoms with Gasteiger partial charge in [-0.2, -0.15) is 5.26 Å². The minimum Gasteiger partial charge on any atom is -0.306 e. The number of nitrogens with zero attached hydrogens (tertiary/aromatic N) is 1. The molecule has 0 unspecified atom stereocenters. The molecule has 0 amide bonds. The van der Waals surface area contributed by atoms with Crippen LogP contribution in [0.5, 0.6) is 0 Å². The molecule has 2 nitrogen and oxygen atoms in total. The monoisotopic (exact) mass is 254 g/mol. The van der Waals surface area contributed by atoms with E-state index in [0.29, 0.717) is 12.1 Å². The van der Waals surface area contributed by atoms with E-state index in [0.717, 1.165) is 5.56 Å². The van der Waals surface area contributed by atoms with Crippen molar-refractivity contribution in [1.82, 2.24) is 5.32 Å². The minimum atomic E-state index is -0.372. The zero-order valence-electron chi connectivity index (χ0n) is 10.7. The van der Waals surface area contributed by atoms with Crippen molar-refractivity contribution in [3.05, 3.63) is 71.0 Å². The van der Waals surface area contributed by atoms with Gasteiger partial charge in [0.15, 0.2) is 0 Å². The summed E-state index contributed by atoms with van der Waals surface area (Å²) >= 11 is 0. The first kappa shape index (κ1) is 13.3. The van der Waals surface area contributed by atoms with Gasteiger partial charge in [-0.25, -0.2) is 4.39 Å². The average Bonchev–Trinajstić information content (AvgIpc) is 2.45. The fourth-order valence-electron chi connectivity index (χ4n) is 1.95. The maximum absolute atomic E-state index is 13.3. The lowest BCUT2D eigenvalue weighted by Crippen LogP contribution is -2.18. The highest BCUT2D eigenvalue weighted by molar-refractivity contribution is 5.33. The zero-order chi connectivity index (χ0) is 13.7. The molecule has 2 aromatic carbocycles. The summed E-state index contributed by atoms with van der Waals surface area (Å²) < 4.78 is 13.3. The highest BCUT2D eigenvalue weighted by Crippen LogP contribution is 2.13. The van der Waals surface area contributed by atoms with Crippen molar-refractivity contribution < 1.29 is 4.39 Å². The molecule has 0 bridgehead atoms. The molecule has 96 valence electrons. The van der Waals surface area contributed by atoms with Crippen molar-refractivity contribution in [2.75, 3.05) is 0 Å². The molecule has 0 saturated heterocycles. The van der Waals surface area contributed by atoms with Gasteiger partial charge in [0, 0.05) is 12.6 Å². The van der Waals surface area contributed by atoms with E-state index in [9.17, 15) is 4.39 Å². The van der Waals surface area contributed by atoms with Gasteiger partial charge >= 0.3 is 0 Å². The quantitative estimate of drug-likeness (QED) is 0.905. The molecule has 0 aromatic heterocycles. The van der Waals surface area contributed by atoms with Crippen LogP contribution in [0.1, 0.15) is 29.7 Å². The van der Waals surface area contributed by atoms with Gasteiger partial charge in [-0.3, -0.25) is 0 Å². The van der Waals surface area contributed by atoms with Crippen LogP contribution in [0.15, 0.2) is 48.5 Å². The second-order valence-electron chi connectivity index (χ2n) is 4.47. The number of rotatable bonds is 4. The van der Waals surface area contributed by atoms with Gasteiger partial charge in [0.05, 0.1) is 11.6 Å². The zero-order valence-corrected chi connectivity index (χ0v) is 10.7. The van der Waals surface area contributed by atoms with E-state index in [1.54, 1.807) is 6.07 Å². The van der Waals surface area contributed by atoms with Gasteiger partial charge in [-0.15, -0.1) is 0 Å². The molecule has 19 heavy (non-hydrogen) atoms. The molecule has 0 aliphatic carbocycles. The Morgan fingerprint density at radius 3 is 2.63 bits per heavy atom. The Balaban J connectivity index is 2.03. The van der Waals surface area contributed by atoms with Crippen molar-refractivity contribution in [2.45, 2.75) is 19.5 Å². The van der Waals surface area contributed by atoms with E-state index in [1.165, 1.54) is 17.7 Å². The predicted molar refractivity (Wildman–Crippen MR) is 72.8 cm³/mol. The summed E-state index contributed by atoms with van der Waals surface area (Å²) in [7, 11) is 0. The second-order valence-corrected chi connectivity index (χ2v) is 4.47. The van der Waals surface area contributed by atoms with E-state index in [-0.39, 0.29) is 11.9 Å². The van der Waals surface area contributed by atoms with Crippen molar-refractivity contribution in [2.24, 2.45) is 0 Å². The Bertz CT molecular complexity index is 587. The lowest BCUT2D eigenvalue weighted by Gasteiger charge is -2.14. The van der Waals surface area contributed by atoms with Crippen LogP contribution in [-0.2, 0) is 6.54 Å². The van der Waals surface area contributed by atoms with Gasteiger partial charge in [-0.05, 0) is 36.2 Å². The van der Waals surface area contributed by atoms with Gasteiger partial charge in [0.2, 0.25) is 0 Å². The Morgan fingerprint density at radius 2 is 1.95 bits per heavy atom. The normalized spacial score (nSPS) is 11.8. The molecule has 0 spiro atoms. The Hall–Kier alpha value is -2.18. The standard InChI is InChI=1S/C16H15FN2/c1-12(15-5-3-2-4-6-15)19-11-14-7-13(10-18)8-16(17)9-14/h2-9,12,19H,11H2,1H3/t12-/m0/s1. The number of hydrogen-bond acceptors (Lipinski definition) is 2. The molecule has 0 aliphatic heterocycles. The summed E-state index contributed by atoms with van der Waals surface area (Å²) in [6, 6.07) is 16.6. The largest absolute Gasteiger partial charge is 0.306 e. The lowest BCUT2D eigenvalue weighted by atomic mass is 10.1. The lowest BCUT2D eigenvalue weighted by molar-refractivity contribution is 0.569. The SMILES string of the molecule is C[C@H](NCc1cc(F)cc(C#N)c1)c1ccccc1. The summed E-state index contributed by atoms with van der Waals surface area (Å²) in [4.78, 5) is 0. The van der Waals surface area contributed by atoms with Crippen LogP contribution in [-0.4, -0.2) is 0 Å². The molecule has 0 saturated carbocycles. The third-order valence-electron chi connectivity index (χ3n) is 3.00. The fraction of sp³-hybridized carbons (Fsp3) is 0.188. The molecule has 0 fully saturated rings. The van der Waals surface area contributed by atoms with Crippen LogP contribution in [0.3, 0.4) is 0 Å². The smallest absolute Gasteiger partial charge is 0.124 e. The highest BCUT2D eigenvalue weighted by atomic mass is 19.1. The van der Waals surface area contributed by atoms with Gasteiger partial charge in [0.1, 0.15) is 5.82 Å². The topological polar surface area (TPSA) is 35.8 Å². The highest BCUT2D eigenvalue weighted by Gasteiger charge is 2.05. The van der Waals surface area contributed by atoms with Crippen LogP contribution < -0.4 is 5.32 Å². The van der Waals surface area contributed by atoms with E-state index in [1.807, 2.05) is 36.4 Å². The van der Waals surface area contributed by atoms with Crippen LogP contribution in [0.4, 0.5) is 4.39 Å². The number of nitriles is 1. The molecule has 0 heterocycles. The average molecular weight is 254 g/mol. The van der Waals surface area contributed by atoms with Crippen LogP contribution in [0.25, 0.3) is 0 Å². The number of nitrogens with one attached hydrogen (secondary N) is 1. The van der Waals surface area contributed by atoms with Crippen molar-refractivity contribution in [3.8, 4) is 6.07 Å². The fourth-order valence-corrected chi connectivity index (χ4v) is 1.95. The maximum Gasteiger partial charge on any atom is 0.124 e. The van der Waals surface area contributed by atoms with Gasteiger partial charge in [0.25, 0.3) is 0 Å². The second kappa shape index (κ2) is 6.12. The number of halogens is 1. The first-order valence-electron chi connectivity index (χ1n) is 6.17. The Labute approximate surface area is 112 Å². The third-order valence-corrected chi connectivity index (χ3v) is 3.00. The summed E-state index contributed by atoms with van der Waals surface area (Å²) in [5.41, 5.74) is 2.31. The molecule has 3 heteroatoms. The van der Waals surface area contributed by atoms with E-state index in [4.69, 9.17) is 5.26 Å². The van der Waals surface area contributed by atoms with Crippen molar-refractivity contribution >= 4 is 0 Å². The Kier molecular flexibility index (Phi) is 4.27. The van der Waals surface area contributed by atoms with Crippen molar-refractivity contribution in [3.63, 3.8) is 0 Å². The van der Waals surface area contributed by atoms with Crippen LogP contribution in [0, 0.1) is 17.1 Å². The van der Waals surface area contributed by atoms with Gasteiger partial charge < -0.3 is 5.32 Å². The van der Waals surface area contributed by atoms with Crippen LogP contribution >= 0.6 is 0 Å². The maximum atomic E-state index is 13.3. The predicted octanol–water partition coefficient (Wildman–Crippen LogP) is 3.55.